The molecule has 10 heavy (non-hydrogen) atoms. The molecule has 0 saturated carbocycles. The maximum absolute atomic E-state index is 2.94. The molecule has 1 heterocycles. The fraction of sp³-hybridized carbons (Fsp3) is 0.333. The van der Waals surface area contributed by atoms with Crippen LogP contribution in [-0.4, -0.2) is 4.98 Å². The molecule has 0 aliphatic rings. The molecule has 0 atom stereocenters. The molecule has 0 bridgehead atoms. The molecule has 0 amide bonds. The van der Waals surface area contributed by atoms with Crippen molar-refractivity contribution in [3.05, 3.63) is 23.5 Å². The van der Waals surface area contributed by atoms with E-state index in [1.54, 1.807) is 0 Å². The zero-order valence-corrected chi connectivity index (χ0v) is 8.91. The molecular weight excluding hydrogens is 205 g/mol. The summed E-state index contributed by atoms with van der Waals surface area (Å²) in [7, 11) is 0. The van der Waals surface area contributed by atoms with E-state index in [1.807, 2.05) is 13.1 Å². The van der Waals surface area contributed by atoms with Gasteiger partial charge in [-0.15, -0.1) is 12.4 Å². The predicted octanol–water partition coefficient (Wildman–Crippen LogP) is -4.56. The molecule has 0 fully saturated rings. The maximum atomic E-state index is 2.94. The van der Waals surface area contributed by atoms with Crippen LogP contribution in [0.2, 0.25) is 0 Å². The first kappa shape index (κ1) is 16.9. The number of aryl methyl sites for hydroxylation is 2. The van der Waals surface area contributed by atoms with Crippen molar-refractivity contribution in [2.24, 2.45) is 0 Å². The molecular formula is C6H8Cl2NTi. The van der Waals surface area contributed by atoms with Crippen LogP contribution in [0.15, 0.2) is 6.20 Å². The number of rotatable bonds is 0. The summed E-state index contributed by atoms with van der Waals surface area (Å²) in [6, 6.07) is 0. The first-order valence-corrected chi connectivity index (χ1v) is 2.33. The van der Waals surface area contributed by atoms with Crippen molar-refractivity contribution >= 4 is 0 Å². The molecule has 1 aromatic rings. The fourth-order valence-electron chi connectivity index (χ4n) is 0.459. The summed E-state index contributed by atoms with van der Waals surface area (Å²) in [5, 5.41) is 0. The van der Waals surface area contributed by atoms with E-state index < -0.39 is 0 Å². The van der Waals surface area contributed by atoms with E-state index >= 15 is 0 Å². The van der Waals surface area contributed by atoms with Crippen LogP contribution in [0.4, 0.5) is 0 Å². The minimum atomic E-state index is 0. The van der Waals surface area contributed by atoms with Gasteiger partial charge in [-0.25, -0.2) is 0 Å². The van der Waals surface area contributed by atoms with Crippen molar-refractivity contribution < 1.29 is 46.5 Å². The van der Waals surface area contributed by atoms with Crippen molar-refractivity contribution in [2.75, 3.05) is 0 Å². The standard InChI is InChI=1S/C6H8N.2ClH.Ti/c1-5-3-7-4-6(5)2;;;/h3,7H,1-2H3;2*1H;/q-1;;;+3/p-2. The molecule has 1 rings (SSSR count). The molecule has 55 valence electrons. The van der Waals surface area contributed by atoms with Gasteiger partial charge in [0.05, 0.1) is 0 Å². The second-order valence-electron chi connectivity index (χ2n) is 1.72. The summed E-state index contributed by atoms with van der Waals surface area (Å²) in [6.07, 6.45) is 4.88. The van der Waals surface area contributed by atoms with Crippen molar-refractivity contribution in [3.8, 4) is 0 Å². The van der Waals surface area contributed by atoms with Gasteiger partial charge in [-0.05, 0) is 0 Å². The Balaban J connectivity index is -0.000000163. The van der Waals surface area contributed by atoms with Gasteiger partial charge in [0.1, 0.15) is 0 Å². The van der Waals surface area contributed by atoms with Gasteiger partial charge in [-0.2, -0.15) is 11.1 Å². The monoisotopic (exact) mass is 212 g/mol. The van der Waals surface area contributed by atoms with Crippen molar-refractivity contribution in [1.82, 2.24) is 4.98 Å². The molecule has 0 unspecified atom stereocenters. The number of H-pyrrole nitrogens is 1. The first-order chi connectivity index (χ1) is 3.30. The Hall–Kier alpha value is 0.574. The zero-order valence-electron chi connectivity index (χ0n) is 5.83. The van der Waals surface area contributed by atoms with Crippen LogP contribution >= 0.6 is 0 Å². The Morgan fingerprint density at radius 3 is 1.90 bits per heavy atom. The summed E-state index contributed by atoms with van der Waals surface area (Å²) in [5.74, 6) is 0. The second-order valence-corrected chi connectivity index (χ2v) is 1.72. The Bertz CT molecular complexity index is 148. The van der Waals surface area contributed by atoms with E-state index in [4.69, 9.17) is 0 Å². The number of hydrogen-bond donors (Lipinski definition) is 1. The molecule has 1 aromatic heterocycles. The van der Waals surface area contributed by atoms with Crippen LogP contribution in [0.1, 0.15) is 11.1 Å². The van der Waals surface area contributed by atoms with Crippen LogP contribution in [-0.2, 0) is 21.7 Å². The third-order valence-corrected chi connectivity index (χ3v) is 1.14. The van der Waals surface area contributed by atoms with Gasteiger partial charge >= 0.3 is 21.7 Å². The molecule has 0 saturated heterocycles. The zero-order chi connectivity index (χ0) is 5.28. The predicted molar refractivity (Wildman–Crippen MR) is 29.1 cm³/mol. The summed E-state index contributed by atoms with van der Waals surface area (Å²) in [6.45, 7) is 4.09. The minimum absolute atomic E-state index is 0. The number of aromatic amines is 1. The maximum Gasteiger partial charge on any atom is 3.00 e. The van der Waals surface area contributed by atoms with Gasteiger partial charge < -0.3 is 29.8 Å². The number of nitrogens with one attached hydrogen (secondary N) is 1. The Morgan fingerprint density at radius 1 is 1.30 bits per heavy atom. The quantitative estimate of drug-likeness (QED) is 0.330. The molecule has 0 spiro atoms. The first-order valence-electron chi connectivity index (χ1n) is 2.33. The van der Waals surface area contributed by atoms with E-state index in [9.17, 15) is 0 Å². The number of halogens is 2. The number of aromatic nitrogens is 1. The van der Waals surface area contributed by atoms with Gasteiger partial charge in [0.25, 0.3) is 0 Å². The molecule has 0 aromatic carbocycles. The topological polar surface area (TPSA) is 15.8 Å². The Morgan fingerprint density at radius 2 is 1.80 bits per heavy atom. The average molecular weight is 213 g/mol. The molecule has 0 aliphatic carbocycles. The smallest absolute Gasteiger partial charge is 1.00 e. The molecule has 1 nitrogen and oxygen atoms in total. The van der Waals surface area contributed by atoms with Crippen LogP contribution in [0.25, 0.3) is 0 Å². The van der Waals surface area contributed by atoms with Gasteiger partial charge in [0, 0.05) is 0 Å². The van der Waals surface area contributed by atoms with E-state index in [1.165, 1.54) is 11.1 Å². The molecule has 1 radical (unpaired) electrons. The average Bonchev–Trinajstić information content (AvgIpc) is 1.91. The Labute approximate surface area is 88.7 Å². The van der Waals surface area contributed by atoms with Crippen molar-refractivity contribution in [3.63, 3.8) is 0 Å². The SMILES string of the molecule is Cc1[c-][nH]cc1C.[Cl-].[Cl-].[Ti+3]. The van der Waals surface area contributed by atoms with E-state index in [2.05, 4.69) is 18.1 Å². The van der Waals surface area contributed by atoms with E-state index in [0.717, 1.165) is 0 Å². The molecule has 1 N–H and O–H groups in total. The third kappa shape index (κ3) is 4.40. The molecule has 4 heteroatoms. The van der Waals surface area contributed by atoms with Gasteiger partial charge in [0.15, 0.2) is 0 Å². The van der Waals surface area contributed by atoms with Gasteiger partial charge in [-0.3, -0.25) is 0 Å². The van der Waals surface area contributed by atoms with Gasteiger partial charge in [0.2, 0.25) is 0 Å². The summed E-state index contributed by atoms with van der Waals surface area (Å²) in [4.78, 5) is 2.87. The van der Waals surface area contributed by atoms with Crippen LogP contribution in [0.3, 0.4) is 0 Å². The van der Waals surface area contributed by atoms with Crippen molar-refractivity contribution in [1.29, 1.82) is 0 Å². The normalized spacial score (nSPS) is 6.60. The summed E-state index contributed by atoms with van der Waals surface area (Å²) < 4.78 is 0. The van der Waals surface area contributed by atoms with Crippen LogP contribution < -0.4 is 24.8 Å². The Kier molecular flexibility index (Phi) is 13.0. The molecule has 0 aliphatic heterocycles. The van der Waals surface area contributed by atoms with E-state index in [-0.39, 0.29) is 46.5 Å². The third-order valence-electron chi connectivity index (χ3n) is 1.14. The minimum Gasteiger partial charge on any atom is -1.00 e. The van der Waals surface area contributed by atoms with Crippen LogP contribution in [0.5, 0.6) is 0 Å². The number of hydrogen-bond acceptors (Lipinski definition) is 0. The second kappa shape index (κ2) is 7.68. The fourth-order valence-corrected chi connectivity index (χ4v) is 0.459. The largest absolute Gasteiger partial charge is 3.00 e. The van der Waals surface area contributed by atoms with Crippen LogP contribution in [0, 0.1) is 20.0 Å². The van der Waals surface area contributed by atoms with E-state index in [0.29, 0.717) is 0 Å². The summed E-state index contributed by atoms with van der Waals surface area (Å²) in [5.41, 5.74) is 2.49. The summed E-state index contributed by atoms with van der Waals surface area (Å²) >= 11 is 0. The van der Waals surface area contributed by atoms with Gasteiger partial charge in [-0.1, -0.05) is 13.8 Å². The van der Waals surface area contributed by atoms with Crippen molar-refractivity contribution in [2.45, 2.75) is 13.8 Å².